The molecule has 1 fully saturated rings. The lowest BCUT2D eigenvalue weighted by atomic mass is 10.2. The summed E-state index contributed by atoms with van der Waals surface area (Å²) in [7, 11) is 0. The normalized spacial score (nSPS) is 18.4. The fourth-order valence-corrected chi connectivity index (χ4v) is 1.73. The Morgan fingerprint density at radius 2 is 2.43 bits per heavy atom. The van der Waals surface area contributed by atoms with Crippen molar-refractivity contribution >= 4 is 11.6 Å². The molecule has 0 bridgehead atoms. The second kappa shape index (κ2) is 4.35. The third-order valence-corrected chi connectivity index (χ3v) is 3.40. The van der Waals surface area contributed by atoms with Crippen molar-refractivity contribution in [2.45, 2.75) is 44.5 Å². The van der Waals surface area contributed by atoms with Crippen LogP contribution in [0.15, 0.2) is 12.4 Å². The molecule has 2 rings (SSSR count). The predicted octanol–water partition coefficient (Wildman–Crippen LogP) is 3.37. The Balaban J connectivity index is 1.87. The van der Waals surface area contributed by atoms with Crippen LogP contribution in [0, 0.1) is 5.92 Å². The molecule has 2 nitrogen and oxygen atoms in total. The Bertz CT molecular complexity index is 291. The first-order valence-electron chi connectivity index (χ1n) is 5.46. The molecule has 78 valence electrons. The fraction of sp³-hybridized carbons (Fsp3) is 0.727. The molecule has 0 saturated heterocycles. The smallest absolute Gasteiger partial charge is 0.0613 e. The van der Waals surface area contributed by atoms with Gasteiger partial charge in [-0.25, -0.2) is 0 Å². The SMILES string of the molecule is CCC(Cl)c1cnn(CCC2CC2)c1. The van der Waals surface area contributed by atoms with Crippen LogP contribution in [-0.4, -0.2) is 9.78 Å². The minimum atomic E-state index is 0.129. The number of nitrogens with zero attached hydrogens (tertiary/aromatic N) is 2. The van der Waals surface area contributed by atoms with Crippen LogP contribution in [0.25, 0.3) is 0 Å². The van der Waals surface area contributed by atoms with Crippen molar-refractivity contribution in [1.82, 2.24) is 9.78 Å². The molecule has 1 saturated carbocycles. The van der Waals surface area contributed by atoms with Gasteiger partial charge in [0.05, 0.1) is 11.6 Å². The van der Waals surface area contributed by atoms with Crippen LogP contribution in [0.5, 0.6) is 0 Å². The molecule has 1 aromatic rings. The van der Waals surface area contributed by atoms with E-state index in [-0.39, 0.29) is 5.38 Å². The van der Waals surface area contributed by atoms with E-state index in [4.69, 9.17) is 11.6 Å². The summed E-state index contributed by atoms with van der Waals surface area (Å²) in [5, 5.41) is 4.45. The molecule has 14 heavy (non-hydrogen) atoms. The van der Waals surface area contributed by atoms with Gasteiger partial charge in [-0.1, -0.05) is 19.8 Å². The van der Waals surface area contributed by atoms with Gasteiger partial charge >= 0.3 is 0 Å². The molecule has 0 aliphatic heterocycles. The molecule has 0 radical (unpaired) electrons. The Hall–Kier alpha value is -0.500. The van der Waals surface area contributed by atoms with Gasteiger partial charge in [-0.05, 0) is 18.8 Å². The molecule has 1 aliphatic rings. The maximum atomic E-state index is 6.13. The zero-order valence-electron chi connectivity index (χ0n) is 8.62. The Morgan fingerprint density at radius 3 is 3.07 bits per heavy atom. The number of alkyl halides is 1. The molecule has 3 heteroatoms. The molecule has 0 spiro atoms. The Kier molecular flexibility index (Phi) is 3.12. The van der Waals surface area contributed by atoms with Gasteiger partial charge in [0.25, 0.3) is 0 Å². The van der Waals surface area contributed by atoms with Crippen molar-refractivity contribution in [3.63, 3.8) is 0 Å². The minimum Gasteiger partial charge on any atom is -0.272 e. The van der Waals surface area contributed by atoms with Gasteiger partial charge < -0.3 is 0 Å². The third-order valence-electron chi connectivity index (χ3n) is 2.84. The third kappa shape index (κ3) is 2.50. The predicted molar refractivity (Wildman–Crippen MR) is 58.5 cm³/mol. The molecular formula is C11H17ClN2. The van der Waals surface area contributed by atoms with Crippen LogP contribution < -0.4 is 0 Å². The fourth-order valence-electron chi connectivity index (χ4n) is 1.62. The first-order chi connectivity index (χ1) is 6.79. The molecule has 1 aliphatic carbocycles. The van der Waals surface area contributed by atoms with Gasteiger partial charge in [0.1, 0.15) is 0 Å². The van der Waals surface area contributed by atoms with Crippen LogP contribution in [-0.2, 0) is 6.54 Å². The van der Waals surface area contributed by atoms with Gasteiger partial charge in [-0.2, -0.15) is 5.10 Å². The average molecular weight is 213 g/mol. The van der Waals surface area contributed by atoms with Crippen molar-refractivity contribution in [1.29, 1.82) is 0 Å². The van der Waals surface area contributed by atoms with Gasteiger partial charge in [0, 0.05) is 18.3 Å². The van der Waals surface area contributed by atoms with Crippen LogP contribution in [0.2, 0.25) is 0 Å². The number of halogens is 1. The van der Waals surface area contributed by atoms with Gasteiger partial charge in [0.2, 0.25) is 0 Å². The van der Waals surface area contributed by atoms with E-state index in [1.165, 1.54) is 19.3 Å². The summed E-state index contributed by atoms with van der Waals surface area (Å²) in [6.07, 6.45) is 9.07. The van der Waals surface area contributed by atoms with Crippen molar-refractivity contribution in [2.24, 2.45) is 5.92 Å². The maximum absolute atomic E-state index is 6.13. The van der Waals surface area contributed by atoms with Crippen molar-refractivity contribution in [2.75, 3.05) is 0 Å². The summed E-state index contributed by atoms with van der Waals surface area (Å²) < 4.78 is 2.03. The molecule has 0 N–H and O–H groups in total. The lowest BCUT2D eigenvalue weighted by Crippen LogP contribution is -1.98. The number of hydrogen-bond acceptors (Lipinski definition) is 1. The summed E-state index contributed by atoms with van der Waals surface area (Å²) >= 11 is 6.13. The molecule has 1 heterocycles. The first-order valence-corrected chi connectivity index (χ1v) is 5.89. The van der Waals surface area contributed by atoms with Crippen LogP contribution in [0.1, 0.15) is 43.5 Å². The number of aromatic nitrogens is 2. The zero-order valence-corrected chi connectivity index (χ0v) is 9.37. The van der Waals surface area contributed by atoms with Crippen LogP contribution >= 0.6 is 11.6 Å². The summed E-state index contributed by atoms with van der Waals surface area (Å²) in [5.74, 6) is 0.973. The molecule has 1 unspecified atom stereocenters. The number of hydrogen-bond donors (Lipinski definition) is 0. The highest BCUT2D eigenvalue weighted by molar-refractivity contribution is 6.20. The van der Waals surface area contributed by atoms with Gasteiger partial charge in [-0.3, -0.25) is 4.68 Å². The van der Waals surface area contributed by atoms with E-state index in [0.29, 0.717) is 0 Å². The maximum Gasteiger partial charge on any atom is 0.0613 e. The van der Waals surface area contributed by atoms with E-state index in [9.17, 15) is 0 Å². The lowest BCUT2D eigenvalue weighted by molar-refractivity contribution is 0.546. The van der Waals surface area contributed by atoms with E-state index in [2.05, 4.69) is 18.2 Å². The zero-order chi connectivity index (χ0) is 9.97. The quantitative estimate of drug-likeness (QED) is 0.685. The van der Waals surface area contributed by atoms with Crippen molar-refractivity contribution in [3.05, 3.63) is 18.0 Å². The summed E-state index contributed by atoms with van der Waals surface area (Å²) in [4.78, 5) is 0. The topological polar surface area (TPSA) is 17.8 Å². The molecule has 0 aromatic carbocycles. The summed E-state index contributed by atoms with van der Waals surface area (Å²) in [6, 6.07) is 0. The van der Waals surface area contributed by atoms with Crippen molar-refractivity contribution < 1.29 is 0 Å². The minimum absolute atomic E-state index is 0.129. The van der Waals surface area contributed by atoms with E-state index in [0.717, 1.165) is 24.4 Å². The van der Waals surface area contributed by atoms with Crippen molar-refractivity contribution in [3.8, 4) is 0 Å². The largest absolute Gasteiger partial charge is 0.272 e. The van der Waals surface area contributed by atoms with Crippen LogP contribution in [0.3, 0.4) is 0 Å². The van der Waals surface area contributed by atoms with E-state index >= 15 is 0 Å². The standard InChI is InChI=1S/C11H17ClN2/c1-2-11(12)10-7-13-14(8-10)6-5-9-3-4-9/h7-9,11H,2-6H2,1H3. The highest BCUT2D eigenvalue weighted by Crippen LogP contribution is 2.32. The second-order valence-corrected chi connectivity index (χ2v) is 4.67. The number of rotatable bonds is 5. The molecular weight excluding hydrogens is 196 g/mol. The summed E-state index contributed by atoms with van der Waals surface area (Å²) in [6.45, 7) is 3.15. The lowest BCUT2D eigenvalue weighted by Gasteiger charge is -2.01. The molecule has 1 aromatic heterocycles. The number of aryl methyl sites for hydroxylation is 1. The Morgan fingerprint density at radius 1 is 1.64 bits per heavy atom. The molecule has 0 amide bonds. The average Bonchev–Trinajstić information content (AvgIpc) is 2.92. The van der Waals surface area contributed by atoms with E-state index in [1.54, 1.807) is 0 Å². The van der Waals surface area contributed by atoms with E-state index < -0.39 is 0 Å². The molecule has 1 atom stereocenters. The van der Waals surface area contributed by atoms with E-state index in [1.807, 2.05) is 10.9 Å². The van der Waals surface area contributed by atoms with Gasteiger partial charge in [-0.15, -0.1) is 11.6 Å². The second-order valence-electron chi connectivity index (χ2n) is 4.14. The highest BCUT2D eigenvalue weighted by atomic mass is 35.5. The monoisotopic (exact) mass is 212 g/mol. The van der Waals surface area contributed by atoms with Crippen LogP contribution in [0.4, 0.5) is 0 Å². The Labute approximate surface area is 90.3 Å². The first kappa shape index (κ1) is 10.0. The highest BCUT2D eigenvalue weighted by Gasteiger charge is 2.20. The summed E-state index contributed by atoms with van der Waals surface area (Å²) in [5.41, 5.74) is 1.16. The van der Waals surface area contributed by atoms with Gasteiger partial charge in [0.15, 0.2) is 0 Å².